The highest BCUT2D eigenvalue weighted by atomic mass is 16.5. The van der Waals surface area contributed by atoms with Crippen molar-refractivity contribution in [1.82, 2.24) is 19.9 Å². The van der Waals surface area contributed by atoms with Gasteiger partial charge in [-0.15, -0.1) is 0 Å². The van der Waals surface area contributed by atoms with Gasteiger partial charge in [-0.05, 0) is 38.8 Å². The predicted octanol–water partition coefficient (Wildman–Crippen LogP) is 1.95. The molecule has 19 heavy (non-hydrogen) atoms. The summed E-state index contributed by atoms with van der Waals surface area (Å²) in [6.07, 6.45) is 8.49. The number of aryl methyl sites for hydroxylation is 1. The Morgan fingerprint density at radius 2 is 2.42 bits per heavy atom. The topological polar surface area (TPSA) is 51.5 Å². The molecule has 1 unspecified atom stereocenters. The summed E-state index contributed by atoms with van der Waals surface area (Å²) in [4.78, 5) is 4.30. The lowest BCUT2D eigenvalue weighted by atomic mass is 10.0. The lowest BCUT2D eigenvalue weighted by molar-refractivity contribution is 0.262. The normalized spacial score (nSPS) is 19.7. The van der Waals surface area contributed by atoms with Gasteiger partial charge in [0.1, 0.15) is 5.52 Å². The van der Waals surface area contributed by atoms with Crippen molar-refractivity contribution in [3.63, 3.8) is 0 Å². The molecule has 102 valence electrons. The van der Waals surface area contributed by atoms with Gasteiger partial charge in [0.2, 0.25) is 5.88 Å². The van der Waals surface area contributed by atoms with Crippen LogP contribution in [0.25, 0.3) is 5.52 Å². The van der Waals surface area contributed by atoms with E-state index >= 15 is 0 Å². The third kappa shape index (κ3) is 2.87. The number of fused-ring (bicyclic) bond motifs is 1. The maximum Gasteiger partial charge on any atom is 0.240 e. The summed E-state index contributed by atoms with van der Waals surface area (Å²) < 4.78 is 7.64. The van der Waals surface area contributed by atoms with Gasteiger partial charge in [-0.25, -0.2) is 9.50 Å². The van der Waals surface area contributed by atoms with Gasteiger partial charge in [0.25, 0.3) is 0 Å². The molecule has 1 aliphatic heterocycles. The highest BCUT2D eigenvalue weighted by molar-refractivity contribution is 5.56. The number of aromatic nitrogens is 3. The van der Waals surface area contributed by atoms with Crippen molar-refractivity contribution in [3.05, 3.63) is 24.2 Å². The molecule has 1 saturated heterocycles. The van der Waals surface area contributed by atoms with Crippen LogP contribution in [0, 0.1) is 6.92 Å². The van der Waals surface area contributed by atoms with Crippen molar-refractivity contribution < 1.29 is 4.74 Å². The molecule has 1 N–H and O–H groups in total. The van der Waals surface area contributed by atoms with Crippen LogP contribution in [0.3, 0.4) is 0 Å². The summed E-state index contributed by atoms with van der Waals surface area (Å²) >= 11 is 0. The fourth-order valence-electron chi connectivity index (χ4n) is 2.60. The molecule has 0 amide bonds. The van der Waals surface area contributed by atoms with Crippen LogP contribution in [0.2, 0.25) is 0 Å². The van der Waals surface area contributed by atoms with Gasteiger partial charge in [-0.3, -0.25) is 0 Å². The molecule has 5 heteroatoms. The van der Waals surface area contributed by atoms with Crippen molar-refractivity contribution in [1.29, 1.82) is 0 Å². The van der Waals surface area contributed by atoms with E-state index < -0.39 is 0 Å². The number of piperidine rings is 1. The van der Waals surface area contributed by atoms with Crippen LogP contribution >= 0.6 is 0 Å². The van der Waals surface area contributed by atoms with Crippen molar-refractivity contribution in [2.45, 2.75) is 38.6 Å². The van der Waals surface area contributed by atoms with E-state index in [1.54, 1.807) is 6.20 Å². The van der Waals surface area contributed by atoms with E-state index in [-0.39, 0.29) is 0 Å². The number of ether oxygens (including phenoxy) is 1. The Morgan fingerprint density at radius 1 is 1.47 bits per heavy atom. The van der Waals surface area contributed by atoms with Crippen LogP contribution in [0.5, 0.6) is 5.88 Å². The van der Waals surface area contributed by atoms with Crippen LogP contribution in [-0.2, 0) is 0 Å². The van der Waals surface area contributed by atoms with E-state index in [1.807, 2.05) is 23.7 Å². The van der Waals surface area contributed by atoms with Crippen LogP contribution in [0.15, 0.2) is 18.5 Å². The van der Waals surface area contributed by atoms with E-state index in [9.17, 15) is 0 Å². The Hall–Kier alpha value is -1.62. The average molecular weight is 260 g/mol. The van der Waals surface area contributed by atoms with Crippen LogP contribution < -0.4 is 10.1 Å². The minimum Gasteiger partial charge on any atom is -0.476 e. The molecule has 0 bridgehead atoms. The van der Waals surface area contributed by atoms with Crippen LogP contribution in [0.1, 0.15) is 31.4 Å². The molecule has 0 saturated carbocycles. The zero-order chi connectivity index (χ0) is 13.1. The molecule has 3 heterocycles. The van der Waals surface area contributed by atoms with E-state index in [4.69, 9.17) is 4.74 Å². The molecule has 0 radical (unpaired) electrons. The monoisotopic (exact) mass is 260 g/mol. The molecule has 2 aromatic heterocycles. The second-order valence-corrected chi connectivity index (χ2v) is 5.13. The quantitative estimate of drug-likeness (QED) is 0.913. The van der Waals surface area contributed by atoms with Crippen molar-refractivity contribution in [3.8, 4) is 5.88 Å². The first-order chi connectivity index (χ1) is 9.33. The first kappa shape index (κ1) is 12.4. The van der Waals surface area contributed by atoms with Gasteiger partial charge in [-0.1, -0.05) is 6.42 Å². The van der Waals surface area contributed by atoms with Crippen LogP contribution in [-0.4, -0.2) is 33.8 Å². The first-order valence-electron chi connectivity index (χ1n) is 7.00. The second kappa shape index (κ2) is 5.57. The van der Waals surface area contributed by atoms with Gasteiger partial charge >= 0.3 is 0 Å². The van der Waals surface area contributed by atoms with Gasteiger partial charge in [0.05, 0.1) is 12.3 Å². The molecular formula is C14H20N4O. The summed E-state index contributed by atoms with van der Waals surface area (Å²) in [5.74, 6) is 0.680. The van der Waals surface area contributed by atoms with E-state index in [0.717, 1.165) is 24.2 Å². The Morgan fingerprint density at radius 3 is 3.26 bits per heavy atom. The maximum absolute atomic E-state index is 5.82. The van der Waals surface area contributed by atoms with E-state index in [2.05, 4.69) is 15.4 Å². The highest BCUT2D eigenvalue weighted by Gasteiger charge is 2.13. The zero-order valence-corrected chi connectivity index (χ0v) is 11.3. The third-order valence-corrected chi connectivity index (χ3v) is 3.59. The van der Waals surface area contributed by atoms with Gasteiger partial charge in [-0.2, -0.15) is 5.10 Å². The maximum atomic E-state index is 5.82. The summed E-state index contributed by atoms with van der Waals surface area (Å²) in [5, 5.41) is 7.88. The van der Waals surface area contributed by atoms with Crippen molar-refractivity contribution in [2.75, 3.05) is 13.2 Å². The summed E-state index contributed by atoms with van der Waals surface area (Å²) in [5.41, 5.74) is 1.92. The lowest BCUT2D eigenvalue weighted by Gasteiger charge is -2.23. The molecule has 3 rings (SSSR count). The second-order valence-electron chi connectivity index (χ2n) is 5.13. The minimum atomic E-state index is 0.597. The van der Waals surface area contributed by atoms with Crippen LogP contribution in [0.4, 0.5) is 0 Å². The van der Waals surface area contributed by atoms with Gasteiger partial charge < -0.3 is 10.1 Å². The minimum absolute atomic E-state index is 0.597. The molecule has 1 aliphatic rings. The summed E-state index contributed by atoms with van der Waals surface area (Å²) in [6, 6.07) is 2.60. The average Bonchev–Trinajstić information content (AvgIpc) is 2.81. The Labute approximate surface area is 113 Å². The zero-order valence-electron chi connectivity index (χ0n) is 11.3. The molecular weight excluding hydrogens is 240 g/mol. The number of nitrogens with one attached hydrogen (secondary N) is 1. The fraction of sp³-hybridized carbons (Fsp3) is 0.571. The molecule has 1 atom stereocenters. The fourth-order valence-corrected chi connectivity index (χ4v) is 2.60. The number of hydrogen-bond acceptors (Lipinski definition) is 4. The standard InChI is InChI=1S/C14H20N4O/c1-11-10-13-14(16-7-8-18(13)17-11)19-9-5-12-4-2-3-6-15-12/h7-8,10,12,15H,2-6,9H2,1H3. The first-order valence-corrected chi connectivity index (χ1v) is 7.00. The molecule has 1 fully saturated rings. The van der Waals surface area contributed by atoms with Gasteiger partial charge in [0, 0.05) is 18.4 Å². The number of rotatable bonds is 4. The number of hydrogen-bond donors (Lipinski definition) is 1. The predicted molar refractivity (Wildman–Crippen MR) is 73.5 cm³/mol. The lowest BCUT2D eigenvalue weighted by Crippen LogP contribution is -2.35. The Kier molecular flexibility index (Phi) is 3.64. The Balaban J connectivity index is 1.61. The summed E-state index contributed by atoms with van der Waals surface area (Å²) in [7, 11) is 0. The Bertz CT molecular complexity index is 545. The van der Waals surface area contributed by atoms with Crippen molar-refractivity contribution >= 4 is 5.52 Å². The number of nitrogens with zero attached hydrogens (tertiary/aromatic N) is 3. The summed E-state index contributed by atoms with van der Waals surface area (Å²) in [6.45, 7) is 3.82. The molecule has 0 aromatic carbocycles. The van der Waals surface area contributed by atoms with Gasteiger partial charge in [0.15, 0.2) is 0 Å². The smallest absolute Gasteiger partial charge is 0.240 e. The molecule has 0 spiro atoms. The largest absolute Gasteiger partial charge is 0.476 e. The van der Waals surface area contributed by atoms with Crippen molar-refractivity contribution in [2.24, 2.45) is 0 Å². The molecule has 2 aromatic rings. The SMILES string of the molecule is Cc1cc2c(OCCC3CCCCN3)nccn2n1. The molecule has 5 nitrogen and oxygen atoms in total. The van der Waals surface area contributed by atoms with E-state index in [0.29, 0.717) is 18.5 Å². The molecule has 0 aliphatic carbocycles. The highest BCUT2D eigenvalue weighted by Crippen LogP contribution is 2.18. The van der Waals surface area contributed by atoms with E-state index in [1.165, 1.54) is 19.3 Å². The third-order valence-electron chi connectivity index (χ3n) is 3.59.